The van der Waals surface area contributed by atoms with E-state index in [9.17, 15) is 18.0 Å². The van der Waals surface area contributed by atoms with Crippen LogP contribution < -0.4 is 16.0 Å². The quantitative estimate of drug-likeness (QED) is 0.854. The Labute approximate surface area is 150 Å². The van der Waals surface area contributed by atoms with Crippen LogP contribution >= 0.6 is 0 Å². The third-order valence-corrected chi connectivity index (χ3v) is 5.14. The molecular formula is C18H24F3N3O2. The molecule has 0 aromatic heterocycles. The van der Waals surface area contributed by atoms with E-state index in [1.165, 1.54) is 0 Å². The molecule has 2 unspecified atom stereocenters. The number of hydrogen-bond donors (Lipinski definition) is 2. The Balaban J connectivity index is 1.69. The second kappa shape index (κ2) is 7.73. The Morgan fingerprint density at radius 1 is 1.15 bits per heavy atom. The van der Waals surface area contributed by atoms with Gasteiger partial charge in [-0.25, -0.2) is 0 Å². The summed E-state index contributed by atoms with van der Waals surface area (Å²) in [5.74, 6) is -3.02. The predicted molar refractivity (Wildman–Crippen MR) is 93.0 cm³/mol. The minimum Gasteiger partial charge on any atom is -0.382 e. The Hall–Kier alpha value is -1.96. The molecule has 0 saturated carbocycles. The molecule has 2 aliphatic heterocycles. The van der Waals surface area contributed by atoms with E-state index in [4.69, 9.17) is 10.5 Å². The van der Waals surface area contributed by atoms with Gasteiger partial charge in [-0.15, -0.1) is 0 Å². The zero-order chi connectivity index (χ0) is 18.7. The molecule has 26 heavy (non-hydrogen) atoms. The molecular weight excluding hydrogens is 347 g/mol. The van der Waals surface area contributed by atoms with Gasteiger partial charge in [0.1, 0.15) is 0 Å². The van der Waals surface area contributed by atoms with Crippen molar-refractivity contribution in [3.8, 4) is 0 Å². The number of carbonyl (C=O) groups is 1. The monoisotopic (exact) mass is 371 g/mol. The number of nitrogens with zero attached hydrogens (tertiary/aromatic N) is 1. The summed E-state index contributed by atoms with van der Waals surface area (Å²) in [7, 11) is 0. The Kier molecular flexibility index (Phi) is 5.60. The van der Waals surface area contributed by atoms with E-state index >= 15 is 0 Å². The van der Waals surface area contributed by atoms with Crippen LogP contribution in [0.15, 0.2) is 24.3 Å². The fourth-order valence-electron chi connectivity index (χ4n) is 3.60. The molecule has 1 aromatic carbocycles. The Morgan fingerprint density at radius 3 is 2.38 bits per heavy atom. The highest BCUT2D eigenvalue weighted by atomic mass is 19.4. The number of primary amides is 1. The van der Waals surface area contributed by atoms with Gasteiger partial charge in [0.15, 0.2) is 0 Å². The van der Waals surface area contributed by atoms with Crippen molar-refractivity contribution in [1.82, 2.24) is 0 Å². The largest absolute Gasteiger partial charge is 0.393 e. The van der Waals surface area contributed by atoms with Gasteiger partial charge in [0.25, 0.3) is 0 Å². The minimum absolute atomic E-state index is 0.153. The summed E-state index contributed by atoms with van der Waals surface area (Å²) in [6.07, 6.45) is -2.71. The third kappa shape index (κ3) is 4.60. The number of amides is 1. The van der Waals surface area contributed by atoms with Crippen molar-refractivity contribution in [2.75, 3.05) is 36.5 Å². The van der Waals surface area contributed by atoms with Crippen LogP contribution in [0, 0.1) is 11.8 Å². The number of benzene rings is 1. The number of ether oxygens (including phenoxy) is 1. The van der Waals surface area contributed by atoms with Crippen molar-refractivity contribution in [3.63, 3.8) is 0 Å². The maximum absolute atomic E-state index is 13.2. The van der Waals surface area contributed by atoms with Crippen LogP contribution in [-0.4, -0.2) is 44.4 Å². The topological polar surface area (TPSA) is 67.6 Å². The number of hydrogen-bond acceptors (Lipinski definition) is 4. The zero-order valence-corrected chi connectivity index (χ0v) is 14.5. The molecule has 1 amide bonds. The summed E-state index contributed by atoms with van der Waals surface area (Å²) < 4.78 is 44.9. The van der Waals surface area contributed by atoms with E-state index in [0.29, 0.717) is 11.7 Å². The lowest BCUT2D eigenvalue weighted by molar-refractivity contribution is -0.179. The van der Waals surface area contributed by atoms with Gasteiger partial charge in [-0.3, -0.25) is 4.79 Å². The van der Waals surface area contributed by atoms with Crippen molar-refractivity contribution >= 4 is 17.3 Å². The highest BCUT2D eigenvalue weighted by molar-refractivity contribution is 5.77. The Bertz CT molecular complexity index is 615. The number of nitrogens with one attached hydrogen (secondary N) is 1. The lowest BCUT2D eigenvalue weighted by Gasteiger charge is -2.38. The summed E-state index contributed by atoms with van der Waals surface area (Å²) in [6, 6.07) is 7.65. The molecule has 2 saturated heterocycles. The van der Waals surface area contributed by atoms with Gasteiger partial charge in [0.05, 0.1) is 11.8 Å². The smallest absolute Gasteiger partial charge is 0.382 e. The number of halogens is 3. The lowest BCUT2D eigenvalue weighted by Crippen LogP contribution is -2.49. The van der Waals surface area contributed by atoms with E-state index in [2.05, 4.69) is 5.32 Å². The van der Waals surface area contributed by atoms with E-state index in [-0.39, 0.29) is 19.5 Å². The molecule has 0 radical (unpaired) electrons. The first-order valence-corrected chi connectivity index (χ1v) is 8.88. The van der Waals surface area contributed by atoms with Crippen LogP contribution in [0.1, 0.15) is 19.3 Å². The second-order valence-electron chi connectivity index (χ2n) is 7.06. The standard InChI is InChI=1S/C18H24F3N3O2/c19-18(20,21)13-9-12(17(22)25)10-24(11-13)16-3-1-14(2-4-16)23-15-5-7-26-8-6-15/h1-4,12-13,15,23H,5-11H2,(H2,22,25). The average Bonchev–Trinajstić information content (AvgIpc) is 2.62. The summed E-state index contributed by atoms with van der Waals surface area (Å²) in [4.78, 5) is 13.1. The second-order valence-corrected chi connectivity index (χ2v) is 7.06. The number of rotatable bonds is 4. The van der Waals surface area contributed by atoms with E-state index < -0.39 is 23.9 Å². The van der Waals surface area contributed by atoms with Crippen molar-refractivity contribution < 1.29 is 22.7 Å². The van der Waals surface area contributed by atoms with Crippen molar-refractivity contribution in [3.05, 3.63) is 24.3 Å². The van der Waals surface area contributed by atoms with Gasteiger partial charge in [0.2, 0.25) is 5.91 Å². The molecule has 0 bridgehead atoms. The first-order chi connectivity index (χ1) is 12.3. The van der Waals surface area contributed by atoms with Crippen LogP contribution in [0.25, 0.3) is 0 Å². The first-order valence-electron chi connectivity index (χ1n) is 8.88. The fraction of sp³-hybridized carbons (Fsp3) is 0.611. The summed E-state index contributed by atoms with van der Waals surface area (Å²) >= 11 is 0. The molecule has 2 heterocycles. The fourth-order valence-corrected chi connectivity index (χ4v) is 3.60. The van der Waals surface area contributed by atoms with Crippen LogP contribution in [0.2, 0.25) is 0 Å². The SMILES string of the molecule is NC(=O)C1CC(C(F)(F)F)CN(c2ccc(NC3CCOCC3)cc2)C1. The van der Waals surface area contributed by atoms with Gasteiger partial charge in [-0.2, -0.15) is 13.2 Å². The predicted octanol–water partition coefficient (Wildman–Crippen LogP) is 2.77. The van der Waals surface area contributed by atoms with Crippen molar-refractivity contribution in [2.24, 2.45) is 17.6 Å². The number of nitrogens with two attached hydrogens (primary N) is 1. The molecule has 8 heteroatoms. The Morgan fingerprint density at radius 2 is 1.81 bits per heavy atom. The third-order valence-electron chi connectivity index (χ3n) is 5.14. The van der Waals surface area contributed by atoms with Gasteiger partial charge < -0.3 is 20.7 Å². The molecule has 3 rings (SSSR count). The van der Waals surface area contributed by atoms with Gasteiger partial charge in [-0.1, -0.05) is 0 Å². The minimum atomic E-state index is -4.34. The number of piperidine rings is 1. The van der Waals surface area contributed by atoms with E-state index in [1.54, 1.807) is 17.0 Å². The van der Waals surface area contributed by atoms with Crippen LogP contribution in [0.3, 0.4) is 0 Å². The van der Waals surface area contributed by atoms with Crippen molar-refractivity contribution in [2.45, 2.75) is 31.5 Å². The van der Waals surface area contributed by atoms with E-state index in [0.717, 1.165) is 31.7 Å². The van der Waals surface area contributed by atoms with Gasteiger partial charge in [-0.05, 0) is 43.5 Å². The van der Waals surface area contributed by atoms with Gasteiger partial charge in [0, 0.05) is 43.7 Å². The van der Waals surface area contributed by atoms with Crippen LogP contribution in [0.5, 0.6) is 0 Å². The van der Waals surface area contributed by atoms with Crippen LogP contribution in [-0.2, 0) is 9.53 Å². The summed E-state index contributed by atoms with van der Waals surface area (Å²) in [5, 5.41) is 3.42. The maximum Gasteiger partial charge on any atom is 0.393 e. The zero-order valence-electron chi connectivity index (χ0n) is 14.5. The lowest BCUT2D eigenvalue weighted by atomic mass is 9.88. The maximum atomic E-state index is 13.2. The molecule has 0 aliphatic carbocycles. The number of anilines is 2. The molecule has 2 fully saturated rings. The summed E-state index contributed by atoms with van der Waals surface area (Å²) in [6.45, 7) is 1.53. The molecule has 2 aliphatic rings. The van der Waals surface area contributed by atoms with Crippen LogP contribution in [0.4, 0.5) is 24.5 Å². The molecule has 144 valence electrons. The molecule has 1 aromatic rings. The number of alkyl halides is 3. The first kappa shape index (κ1) is 18.8. The normalized spacial score (nSPS) is 25.1. The van der Waals surface area contributed by atoms with E-state index in [1.807, 2.05) is 12.1 Å². The molecule has 5 nitrogen and oxygen atoms in total. The number of carbonyl (C=O) groups excluding carboxylic acids is 1. The van der Waals surface area contributed by atoms with Gasteiger partial charge >= 0.3 is 6.18 Å². The average molecular weight is 371 g/mol. The highest BCUT2D eigenvalue weighted by Gasteiger charge is 2.45. The molecule has 2 atom stereocenters. The van der Waals surface area contributed by atoms with Crippen molar-refractivity contribution in [1.29, 1.82) is 0 Å². The molecule has 0 spiro atoms. The summed E-state index contributed by atoms with van der Waals surface area (Å²) in [5.41, 5.74) is 6.88. The highest BCUT2D eigenvalue weighted by Crippen LogP contribution is 2.37. The molecule has 3 N–H and O–H groups in total.